The Morgan fingerprint density at radius 2 is 0.980 bits per heavy atom. The average molecular weight is 663 g/mol. The molecule has 8 nitrogen and oxygen atoms in total. The van der Waals surface area contributed by atoms with Crippen LogP contribution in [0.2, 0.25) is 0 Å². The van der Waals surface area contributed by atoms with E-state index in [0.717, 1.165) is 22.3 Å². The van der Waals surface area contributed by atoms with Crippen LogP contribution in [0.15, 0.2) is 132 Å². The Hall–Kier alpha value is -6.06. The number of terminal acetylenes is 2. The second-order valence-corrected chi connectivity index (χ2v) is 11.1. The van der Waals surface area contributed by atoms with Crippen molar-refractivity contribution in [2.75, 3.05) is 26.4 Å². The number of hydrogen-bond acceptors (Lipinski definition) is 8. The summed E-state index contributed by atoms with van der Waals surface area (Å²) < 4.78 is 23.1. The molecule has 2 atom stereocenters. The fourth-order valence-electron chi connectivity index (χ4n) is 4.80. The van der Waals surface area contributed by atoms with Gasteiger partial charge in [0.1, 0.15) is 24.7 Å². The molecule has 3 aromatic carbocycles. The zero-order valence-electron chi connectivity index (χ0n) is 27.7. The lowest BCUT2D eigenvalue weighted by molar-refractivity contribution is 0.107. The van der Waals surface area contributed by atoms with Crippen molar-refractivity contribution in [2.45, 2.75) is 25.3 Å². The van der Waals surface area contributed by atoms with Crippen molar-refractivity contribution >= 4 is 12.4 Å². The summed E-state index contributed by atoms with van der Waals surface area (Å²) in [5.74, 6) is 6.12. The number of rotatable bonds is 18. The molecule has 0 unspecified atom stereocenters. The molecule has 0 aliphatic heterocycles. The predicted molar refractivity (Wildman–Crippen MR) is 196 cm³/mol. The first-order valence-electron chi connectivity index (χ1n) is 16.1. The summed E-state index contributed by atoms with van der Waals surface area (Å²) in [6.07, 6.45) is 17.3. The van der Waals surface area contributed by atoms with Gasteiger partial charge in [0.05, 0.1) is 62.3 Å². The maximum absolute atomic E-state index is 6.14. The zero-order chi connectivity index (χ0) is 34.6. The van der Waals surface area contributed by atoms with Crippen LogP contribution in [0.3, 0.4) is 0 Å². The van der Waals surface area contributed by atoms with Crippen LogP contribution < -0.4 is 9.47 Å². The van der Waals surface area contributed by atoms with Gasteiger partial charge in [0.25, 0.3) is 0 Å². The Morgan fingerprint density at radius 1 is 0.560 bits per heavy atom. The largest absolute Gasteiger partial charge is 0.479 e. The van der Waals surface area contributed by atoms with Gasteiger partial charge in [0, 0.05) is 12.4 Å². The summed E-state index contributed by atoms with van der Waals surface area (Å²) >= 11 is 0. The molecule has 0 N–H and O–H groups in total. The molecule has 0 saturated heterocycles. The number of pyridine rings is 2. The zero-order valence-corrected chi connectivity index (χ0v) is 27.7. The number of nitrogens with zero attached hydrogens (tertiary/aromatic N) is 4. The van der Waals surface area contributed by atoms with Gasteiger partial charge in [-0.15, -0.1) is 12.8 Å². The van der Waals surface area contributed by atoms with Crippen LogP contribution in [0.4, 0.5) is 0 Å². The maximum atomic E-state index is 6.14. The quantitative estimate of drug-likeness (QED) is 0.0726. The van der Waals surface area contributed by atoms with Gasteiger partial charge in [-0.2, -0.15) is 0 Å². The standard InChI is InChI=1S/C42H38N4O4/c1-3-23-49-39-21-19-37(43-27-39)25-45-41(35-11-7-5-8-12-35)31-47-29-33-15-17-34(18-16-33)30-48-32-42(36-13-9-6-10-14-36)46-26-38-20-22-40(28-44-38)50-24-4-2/h1-2,5-22,25-28,41-42H,23-24,29-32H2/b45-25+,46-26+/t41-,42-/m0/s1. The minimum Gasteiger partial charge on any atom is -0.479 e. The Kier molecular flexibility index (Phi) is 13.9. The lowest BCUT2D eigenvalue weighted by Crippen LogP contribution is -2.08. The molecule has 250 valence electrons. The highest BCUT2D eigenvalue weighted by Crippen LogP contribution is 2.21. The third-order valence-electron chi connectivity index (χ3n) is 7.42. The Morgan fingerprint density at radius 3 is 1.34 bits per heavy atom. The van der Waals surface area contributed by atoms with Crippen LogP contribution in [0.25, 0.3) is 0 Å². The third-order valence-corrected chi connectivity index (χ3v) is 7.42. The van der Waals surface area contributed by atoms with E-state index in [-0.39, 0.29) is 25.3 Å². The molecule has 2 heterocycles. The van der Waals surface area contributed by atoms with Gasteiger partial charge in [-0.1, -0.05) is 96.8 Å². The van der Waals surface area contributed by atoms with Crippen molar-refractivity contribution in [1.29, 1.82) is 0 Å². The number of aromatic nitrogens is 2. The fraction of sp³-hybridized carbons (Fsp3) is 0.190. The lowest BCUT2D eigenvalue weighted by Gasteiger charge is -2.15. The second-order valence-electron chi connectivity index (χ2n) is 11.1. The highest BCUT2D eigenvalue weighted by molar-refractivity contribution is 5.77. The first-order chi connectivity index (χ1) is 24.7. The van der Waals surface area contributed by atoms with Crippen molar-refractivity contribution in [3.63, 3.8) is 0 Å². The van der Waals surface area contributed by atoms with Gasteiger partial charge in [0.15, 0.2) is 0 Å². The van der Waals surface area contributed by atoms with Crippen LogP contribution in [-0.2, 0) is 22.7 Å². The van der Waals surface area contributed by atoms with Gasteiger partial charge in [0.2, 0.25) is 0 Å². The van der Waals surface area contributed by atoms with E-state index >= 15 is 0 Å². The molecule has 0 bridgehead atoms. The summed E-state index contributed by atoms with van der Waals surface area (Å²) in [5, 5.41) is 0. The summed E-state index contributed by atoms with van der Waals surface area (Å²) in [6, 6.07) is 35.3. The first-order valence-corrected chi connectivity index (χ1v) is 16.1. The Bertz CT molecular complexity index is 1720. The van der Waals surface area contributed by atoms with Gasteiger partial charge >= 0.3 is 0 Å². The van der Waals surface area contributed by atoms with E-state index in [1.807, 2.05) is 84.9 Å². The smallest absolute Gasteiger partial charge is 0.148 e. The SMILES string of the molecule is C#CCOc1ccc(/C=N/[C@@H](COCc2ccc(COC[C@H](/N=C/c3ccc(OCC#C)cn3)c3ccccc3)cc2)c2ccccc2)nc1. The number of aliphatic imine (C=N–C) groups is 2. The van der Waals surface area contributed by atoms with Gasteiger partial charge in [-0.25, -0.2) is 0 Å². The van der Waals surface area contributed by atoms with Crippen LogP contribution in [0.1, 0.15) is 45.7 Å². The third kappa shape index (κ3) is 11.6. The number of ether oxygens (including phenoxy) is 4. The molecule has 8 heteroatoms. The minimum absolute atomic E-state index is 0.189. The first kappa shape index (κ1) is 35.3. The van der Waals surface area contributed by atoms with Gasteiger partial charge in [-0.05, 0) is 46.5 Å². The van der Waals surface area contributed by atoms with Crippen LogP contribution in [0.5, 0.6) is 11.5 Å². The molecule has 0 radical (unpaired) electrons. The highest BCUT2D eigenvalue weighted by Gasteiger charge is 2.12. The van der Waals surface area contributed by atoms with E-state index < -0.39 is 0 Å². The Balaban J connectivity index is 1.12. The maximum Gasteiger partial charge on any atom is 0.148 e. The monoisotopic (exact) mass is 662 g/mol. The van der Waals surface area contributed by atoms with Gasteiger partial charge in [-0.3, -0.25) is 20.0 Å². The summed E-state index contributed by atoms with van der Waals surface area (Å²) in [5.41, 5.74) is 5.67. The molecule has 5 aromatic rings. The summed E-state index contributed by atoms with van der Waals surface area (Å²) in [6.45, 7) is 2.13. The number of benzene rings is 3. The van der Waals surface area contributed by atoms with Crippen molar-refractivity contribution in [3.05, 3.63) is 155 Å². The van der Waals surface area contributed by atoms with E-state index in [2.05, 4.69) is 46.1 Å². The van der Waals surface area contributed by atoms with Crippen molar-refractivity contribution in [1.82, 2.24) is 9.97 Å². The van der Waals surface area contributed by atoms with E-state index in [1.54, 1.807) is 24.8 Å². The average Bonchev–Trinajstić information content (AvgIpc) is 3.18. The highest BCUT2D eigenvalue weighted by atomic mass is 16.5. The molecule has 0 fully saturated rings. The van der Waals surface area contributed by atoms with Crippen LogP contribution >= 0.6 is 0 Å². The molecule has 2 aromatic heterocycles. The van der Waals surface area contributed by atoms with Crippen LogP contribution in [0, 0.1) is 24.7 Å². The topological polar surface area (TPSA) is 87.4 Å². The van der Waals surface area contributed by atoms with Gasteiger partial charge < -0.3 is 18.9 Å². The second kappa shape index (κ2) is 19.7. The predicted octanol–water partition coefficient (Wildman–Crippen LogP) is 7.25. The van der Waals surface area contributed by atoms with E-state index in [1.165, 1.54) is 0 Å². The molecule has 50 heavy (non-hydrogen) atoms. The summed E-state index contributed by atoms with van der Waals surface area (Å²) in [7, 11) is 0. The molecule has 5 rings (SSSR count). The van der Waals surface area contributed by atoms with Crippen molar-refractivity contribution in [3.8, 4) is 36.2 Å². The lowest BCUT2D eigenvalue weighted by atomic mass is 10.1. The van der Waals surface area contributed by atoms with Crippen molar-refractivity contribution in [2.24, 2.45) is 9.98 Å². The van der Waals surface area contributed by atoms with Crippen molar-refractivity contribution < 1.29 is 18.9 Å². The van der Waals surface area contributed by atoms with Crippen LogP contribution in [-0.4, -0.2) is 48.8 Å². The van der Waals surface area contributed by atoms with E-state index in [4.69, 9.17) is 41.8 Å². The Labute approximate surface area is 293 Å². The fourth-order valence-corrected chi connectivity index (χ4v) is 4.80. The molecular formula is C42H38N4O4. The molecule has 0 saturated carbocycles. The molecule has 0 spiro atoms. The molecule has 0 aliphatic carbocycles. The van der Waals surface area contributed by atoms with E-state index in [9.17, 15) is 0 Å². The normalized spacial score (nSPS) is 12.3. The minimum atomic E-state index is -0.189. The van der Waals surface area contributed by atoms with E-state index in [0.29, 0.717) is 49.3 Å². The molecule has 0 amide bonds. The number of hydrogen-bond donors (Lipinski definition) is 0. The summed E-state index contributed by atoms with van der Waals surface area (Å²) in [4.78, 5) is 18.4. The molecular weight excluding hydrogens is 624 g/mol. The molecule has 0 aliphatic rings.